The number of fused-ring (bicyclic) bond motifs is 1. The van der Waals surface area contributed by atoms with E-state index in [9.17, 15) is 0 Å². The van der Waals surface area contributed by atoms with E-state index in [4.69, 9.17) is 10.6 Å². The van der Waals surface area contributed by atoms with Crippen molar-refractivity contribution in [1.29, 1.82) is 0 Å². The summed E-state index contributed by atoms with van der Waals surface area (Å²) >= 11 is 0. The van der Waals surface area contributed by atoms with E-state index in [0.29, 0.717) is 13.2 Å². The summed E-state index contributed by atoms with van der Waals surface area (Å²) in [7, 11) is 0. The van der Waals surface area contributed by atoms with Crippen molar-refractivity contribution >= 4 is 11.2 Å². The third kappa shape index (κ3) is 1.57. The topological polar surface area (TPSA) is 80.1 Å². The van der Waals surface area contributed by atoms with Gasteiger partial charge in [0.2, 0.25) is 0 Å². The molecule has 2 aromatic heterocycles. The van der Waals surface area contributed by atoms with Crippen molar-refractivity contribution in [2.45, 2.75) is 6.04 Å². The Balaban J connectivity index is 1.98. The quantitative estimate of drug-likeness (QED) is 0.670. The number of aromatic amines is 1. The second-order valence-corrected chi connectivity index (χ2v) is 3.83. The molecule has 0 aromatic carbocycles. The van der Waals surface area contributed by atoms with Crippen molar-refractivity contribution in [3.8, 4) is 0 Å². The number of H-pyrrole nitrogens is 1. The second kappa shape index (κ2) is 3.82. The third-order valence-electron chi connectivity index (χ3n) is 2.76. The number of pyridine rings is 1. The lowest BCUT2D eigenvalue weighted by atomic mass is 10.2. The van der Waals surface area contributed by atoms with E-state index in [1.807, 2.05) is 12.1 Å². The molecular formula is C10H13N5O. The first kappa shape index (κ1) is 9.71. The molecule has 0 amide bonds. The fourth-order valence-corrected chi connectivity index (χ4v) is 1.87. The maximum Gasteiger partial charge on any atom is 0.177 e. The van der Waals surface area contributed by atoms with Crippen molar-refractivity contribution in [2.24, 2.45) is 5.84 Å². The van der Waals surface area contributed by atoms with E-state index in [2.05, 4.69) is 15.0 Å². The summed E-state index contributed by atoms with van der Waals surface area (Å²) in [5, 5.41) is 1.75. The number of morpholine rings is 1. The summed E-state index contributed by atoms with van der Waals surface area (Å²) in [5.74, 6) is 6.72. The average Bonchev–Trinajstić information content (AvgIpc) is 2.73. The van der Waals surface area contributed by atoms with Gasteiger partial charge in [0.15, 0.2) is 5.65 Å². The van der Waals surface area contributed by atoms with Crippen molar-refractivity contribution in [1.82, 2.24) is 20.0 Å². The van der Waals surface area contributed by atoms with Crippen molar-refractivity contribution in [2.75, 3.05) is 19.8 Å². The third-order valence-corrected chi connectivity index (χ3v) is 2.76. The van der Waals surface area contributed by atoms with Gasteiger partial charge >= 0.3 is 0 Å². The zero-order valence-electron chi connectivity index (χ0n) is 8.76. The minimum absolute atomic E-state index is 0.0112. The molecule has 1 unspecified atom stereocenters. The van der Waals surface area contributed by atoms with Gasteiger partial charge in [0.05, 0.1) is 18.7 Å². The Bertz CT molecular complexity index is 464. The highest BCUT2D eigenvalue weighted by molar-refractivity contribution is 5.69. The van der Waals surface area contributed by atoms with E-state index >= 15 is 0 Å². The summed E-state index contributed by atoms with van der Waals surface area (Å²) in [5.41, 5.74) is 1.65. The van der Waals surface area contributed by atoms with Crippen LogP contribution in [0.25, 0.3) is 11.2 Å². The van der Waals surface area contributed by atoms with Gasteiger partial charge in [-0.3, -0.25) is 5.84 Å². The molecule has 1 atom stereocenters. The normalized spacial score (nSPS) is 22.7. The maximum absolute atomic E-state index is 5.91. The molecule has 0 radical (unpaired) electrons. The second-order valence-electron chi connectivity index (χ2n) is 3.83. The molecule has 84 valence electrons. The first-order chi connectivity index (χ1) is 7.84. The minimum atomic E-state index is -0.0112. The number of hydrazine groups is 1. The molecule has 0 bridgehead atoms. The fraction of sp³-hybridized carbons (Fsp3) is 0.400. The highest BCUT2D eigenvalue weighted by Crippen LogP contribution is 2.20. The molecule has 2 aromatic rings. The summed E-state index contributed by atoms with van der Waals surface area (Å²) < 4.78 is 5.40. The van der Waals surface area contributed by atoms with Crippen LogP contribution in [-0.2, 0) is 4.74 Å². The standard InChI is InChI=1S/C10H13N5O/c11-15-4-5-16-6-8(15)10-13-7-2-1-3-12-9(7)14-10/h1-3,8H,4-6,11H2,(H,12,13,14). The van der Waals surface area contributed by atoms with Gasteiger partial charge in [-0.2, -0.15) is 0 Å². The van der Waals surface area contributed by atoms with Crippen LogP contribution in [0.1, 0.15) is 11.9 Å². The molecule has 0 spiro atoms. The van der Waals surface area contributed by atoms with Gasteiger partial charge in [0.1, 0.15) is 11.9 Å². The van der Waals surface area contributed by atoms with Crippen LogP contribution in [0.15, 0.2) is 18.3 Å². The average molecular weight is 219 g/mol. The van der Waals surface area contributed by atoms with Gasteiger partial charge < -0.3 is 9.72 Å². The number of rotatable bonds is 1. The lowest BCUT2D eigenvalue weighted by Gasteiger charge is -2.30. The van der Waals surface area contributed by atoms with E-state index in [0.717, 1.165) is 23.5 Å². The highest BCUT2D eigenvalue weighted by atomic mass is 16.5. The first-order valence-electron chi connectivity index (χ1n) is 5.24. The van der Waals surface area contributed by atoms with E-state index in [1.165, 1.54) is 0 Å². The molecule has 1 aliphatic rings. The molecule has 6 nitrogen and oxygen atoms in total. The largest absolute Gasteiger partial charge is 0.378 e. The van der Waals surface area contributed by atoms with Crippen LogP contribution in [0.3, 0.4) is 0 Å². The van der Waals surface area contributed by atoms with Crippen LogP contribution in [0.2, 0.25) is 0 Å². The summed E-state index contributed by atoms with van der Waals surface area (Å²) in [6, 6.07) is 3.81. The molecule has 1 aliphatic heterocycles. The van der Waals surface area contributed by atoms with Crippen LogP contribution in [0, 0.1) is 0 Å². The number of aromatic nitrogens is 3. The number of nitrogens with one attached hydrogen (secondary N) is 1. The zero-order valence-corrected chi connectivity index (χ0v) is 8.76. The Hall–Kier alpha value is -1.50. The minimum Gasteiger partial charge on any atom is -0.378 e. The number of ether oxygens (including phenoxy) is 1. The maximum atomic E-state index is 5.91. The molecule has 3 N–H and O–H groups in total. The molecule has 3 rings (SSSR count). The SMILES string of the molecule is NN1CCOCC1c1nc2ncccc2[nH]1. The van der Waals surface area contributed by atoms with Crippen molar-refractivity contribution in [3.05, 3.63) is 24.2 Å². The zero-order chi connectivity index (χ0) is 11.0. The number of nitrogens with zero attached hydrogens (tertiary/aromatic N) is 3. The van der Waals surface area contributed by atoms with E-state index < -0.39 is 0 Å². The highest BCUT2D eigenvalue weighted by Gasteiger charge is 2.24. The van der Waals surface area contributed by atoms with Gasteiger partial charge in [-0.15, -0.1) is 0 Å². The predicted octanol–water partition coefficient (Wildman–Crippen LogP) is 0.205. The Morgan fingerprint density at radius 3 is 3.31 bits per heavy atom. The number of nitrogens with two attached hydrogens (primary N) is 1. The van der Waals surface area contributed by atoms with Gasteiger partial charge in [-0.1, -0.05) is 0 Å². The molecular weight excluding hydrogens is 206 g/mol. The smallest absolute Gasteiger partial charge is 0.177 e. The van der Waals surface area contributed by atoms with Crippen LogP contribution in [0.5, 0.6) is 0 Å². The van der Waals surface area contributed by atoms with Gasteiger partial charge in [-0.05, 0) is 12.1 Å². The van der Waals surface area contributed by atoms with Gasteiger partial charge in [0, 0.05) is 12.7 Å². The molecule has 16 heavy (non-hydrogen) atoms. The summed E-state index contributed by atoms with van der Waals surface area (Å²) in [4.78, 5) is 11.8. The monoisotopic (exact) mass is 219 g/mol. The molecule has 6 heteroatoms. The van der Waals surface area contributed by atoms with Gasteiger partial charge in [-0.25, -0.2) is 15.0 Å². The Morgan fingerprint density at radius 2 is 2.50 bits per heavy atom. The number of hydrogen-bond acceptors (Lipinski definition) is 5. The fourth-order valence-electron chi connectivity index (χ4n) is 1.87. The molecule has 1 fully saturated rings. The molecule has 0 aliphatic carbocycles. The molecule has 1 saturated heterocycles. The van der Waals surface area contributed by atoms with Crippen LogP contribution < -0.4 is 5.84 Å². The van der Waals surface area contributed by atoms with E-state index in [1.54, 1.807) is 11.2 Å². The lowest BCUT2D eigenvalue weighted by molar-refractivity contribution is -0.0118. The van der Waals surface area contributed by atoms with Crippen LogP contribution in [-0.4, -0.2) is 39.7 Å². The first-order valence-corrected chi connectivity index (χ1v) is 5.24. The van der Waals surface area contributed by atoms with E-state index in [-0.39, 0.29) is 6.04 Å². The van der Waals surface area contributed by atoms with Crippen molar-refractivity contribution in [3.63, 3.8) is 0 Å². The molecule has 0 saturated carbocycles. The van der Waals surface area contributed by atoms with Crippen molar-refractivity contribution < 1.29 is 4.74 Å². The predicted molar refractivity (Wildman–Crippen MR) is 58.3 cm³/mol. The Morgan fingerprint density at radius 1 is 1.56 bits per heavy atom. The summed E-state index contributed by atoms with van der Waals surface area (Å²) in [6.45, 7) is 1.96. The van der Waals surface area contributed by atoms with Crippen LogP contribution in [0.4, 0.5) is 0 Å². The number of hydrogen-bond donors (Lipinski definition) is 2. The number of imidazole rings is 1. The Labute approximate surface area is 92.4 Å². The van der Waals surface area contributed by atoms with Gasteiger partial charge in [0.25, 0.3) is 0 Å². The molecule has 3 heterocycles. The summed E-state index contributed by atoms with van der Waals surface area (Å²) in [6.07, 6.45) is 1.73. The Kier molecular flexibility index (Phi) is 2.32. The lowest BCUT2D eigenvalue weighted by Crippen LogP contribution is -2.44. The van der Waals surface area contributed by atoms with Crippen LogP contribution >= 0.6 is 0 Å².